The molecule has 0 aliphatic carbocycles. The van der Waals surface area contributed by atoms with Gasteiger partial charge in [-0.25, -0.2) is 0 Å². The van der Waals surface area contributed by atoms with Crippen molar-refractivity contribution >= 4 is 11.9 Å². The predicted octanol–water partition coefficient (Wildman–Crippen LogP) is 0.484. The Morgan fingerprint density at radius 2 is 2.10 bits per heavy atom. The molecule has 3 fully saturated rings. The van der Waals surface area contributed by atoms with Crippen molar-refractivity contribution < 1.29 is 9.53 Å². The maximum absolute atomic E-state index is 12.1. The number of guanidine groups is 1. The maximum atomic E-state index is 12.1. The first-order chi connectivity index (χ1) is 10.3. The van der Waals surface area contributed by atoms with Gasteiger partial charge in [0.1, 0.15) is 0 Å². The van der Waals surface area contributed by atoms with Gasteiger partial charge in [-0.2, -0.15) is 0 Å². The quantitative estimate of drug-likeness (QED) is 0.587. The molecule has 1 amide bonds. The summed E-state index contributed by atoms with van der Waals surface area (Å²) in [5.74, 6) is 0.878. The molecular weight excluding hydrogens is 268 g/mol. The lowest BCUT2D eigenvalue weighted by atomic mass is 9.96. The highest BCUT2D eigenvalue weighted by Gasteiger charge is 2.41. The SMILES string of the molecule is CN=C(NCC(=O)N1CCCCC1)NC1CC2CCC1O2. The van der Waals surface area contributed by atoms with E-state index in [-0.39, 0.29) is 5.91 Å². The van der Waals surface area contributed by atoms with Crippen molar-refractivity contribution in [1.29, 1.82) is 0 Å². The van der Waals surface area contributed by atoms with Crippen molar-refractivity contribution in [1.82, 2.24) is 15.5 Å². The Hall–Kier alpha value is -1.30. The van der Waals surface area contributed by atoms with Crippen LogP contribution in [0.15, 0.2) is 4.99 Å². The lowest BCUT2D eigenvalue weighted by molar-refractivity contribution is -0.130. The zero-order chi connectivity index (χ0) is 14.7. The fourth-order valence-corrected chi connectivity index (χ4v) is 3.57. The molecular formula is C15H26N4O2. The van der Waals surface area contributed by atoms with Gasteiger partial charge in [-0.3, -0.25) is 9.79 Å². The van der Waals surface area contributed by atoms with Crippen molar-refractivity contribution in [2.45, 2.75) is 56.8 Å². The summed E-state index contributed by atoms with van der Waals surface area (Å²) >= 11 is 0. The van der Waals surface area contributed by atoms with E-state index in [9.17, 15) is 4.79 Å². The van der Waals surface area contributed by atoms with Crippen LogP contribution in [0.3, 0.4) is 0 Å². The molecule has 2 N–H and O–H groups in total. The number of likely N-dealkylation sites (tertiary alicyclic amines) is 1. The molecule has 0 radical (unpaired) electrons. The number of rotatable bonds is 3. The standard InChI is InChI=1S/C15H26N4O2/c1-16-15(18-12-9-11-5-6-13(12)21-11)17-10-14(20)19-7-3-2-4-8-19/h11-13H,2-10H2,1H3,(H2,16,17,18). The molecule has 3 atom stereocenters. The first-order valence-corrected chi connectivity index (χ1v) is 8.16. The third-order valence-electron chi connectivity index (χ3n) is 4.77. The Morgan fingerprint density at radius 1 is 1.29 bits per heavy atom. The van der Waals surface area contributed by atoms with E-state index in [0.717, 1.165) is 38.8 Å². The van der Waals surface area contributed by atoms with Crippen LogP contribution in [0.25, 0.3) is 0 Å². The highest BCUT2D eigenvalue weighted by atomic mass is 16.5. The van der Waals surface area contributed by atoms with Crippen LogP contribution < -0.4 is 10.6 Å². The van der Waals surface area contributed by atoms with Crippen LogP contribution in [0.5, 0.6) is 0 Å². The second-order valence-electron chi connectivity index (χ2n) is 6.23. The normalized spacial score (nSPS) is 32.3. The average molecular weight is 294 g/mol. The van der Waals surface area contributed by atoms with Crippen LogP contribution in [-0.4, -0.2) is 61.7 Å². The number of carbonyl (C=O) groups excluding carboxylic acids is 1. The molecule has 0 spiro atoms. The van der Waals surface area contributed by atoms with Gasteiger partial charge >= 0.3 is 0 Å². The van der Waals surface area contributed by atoms with E-state index < -0.39 is 0 Å². The number of fused-ring (bicyclic) bond motifs is 2. The molecule has 0 aromatic heterocycles. The van der Waals surface area contributed by atoms with E-state index in [1.54, 1.807) is 7.05 Å². The number of hydrogen-bond donors (Lipinski definition) is 2. The predicted molar refractivity (Wildman–Crippen MR) is 81.2 cm³/mol. The van der Waals surface area contributed by atoms with Crippen LogP contribution >= 0.6 is 0 Å². The number of piperidine rings is 1. The summed E-state index contributed by atoms with van der Waals surface area (Å²) in [5.41, 5.74) is 0. The van der Waals surface area contributed by atoms with E-state index in [2.05, 4.69) is 15.6 Å². The largest absolute Gasteiger partial charge is 0.373 e. The zero-order valence-corrected chi connectivity index (χ0v) is 12.8. The van der Waals surface area contributed by atoms with Gasteiger partial charge in [-0.15, -0.1) is 0 Å². The first kappa shape index (κ1) is 14.6. The number of hydrogen-bond acceptors (Lipinski definition) is 3. The summed E-state index contributed by atoms with van der Waals surface area (Å²) in [4.78, 5) is 18.3. The number of nitrogens with one attached hydrogen (secondary N) is 2. The van der Waals surface area contributed by atoms with Crippen LogP contribution in [0.2, 0.25) is 0 Å². The van der Waals surface area contributed by atoms with Gasteiger partial charge in [0.15, 0.2) is 5.96 Å². The molecule has 2 bridgehead atoms. The zero-order valence-electron chi connectivity index (χ0n) is 12.8. The van der Waals surface area contributed by atoms with Crippen molar-refractivity contribution in [3.05, 3.63) is 0 Å². The fourth-order valence-electron chi connectivity index (χ4n) is 3.57. The monoisotopic (exact) mass is 294 g/mol. The third kappa shape index (κ3) is 3.48. The second kappa shape index (κ2) is 6.64. The molecule has 3 aliphatic rings. The van der Waals surface area contributed by atoms with Gasteiger partial charge in [0, 0.05) is 20.1 Å². The minimum Gasteiger partial charge on any atom is -0.373 e. The number of nitrogens with zero attached hydrogens (tertiary/aromatic N) is 2. The molecule has 6 nitrogen and oxygen atoms in total. The molecule has 21 heavy (non-hydrogen) atoms. The molecule has 0 saturated carbocycles. The summed E-state index contributed by atoms with van der Waals surface area (Å²) < 4.78 is 5.83. The van der Waals surface area contributed by atoms with Gasteiger partial charge in [-0.05, 0) is 38.5 Å². The van der Waals surface area contributed by atoms with Crippen LogP contribution in [-0.2, 0) is 9.53 Å². The molecule has 0 aromatic carbocycles. The number of ether oxygens (including phenoxy) is 1. The van der Waals surface area contributed by atoms with E-state index in [4.69, 9.17) is 4.74 Å². The summed E-state index contributed by atoms with van der Waals surface area (Å²) in [6.45, 7) is 2.11. The van der Waals surface area contributed by atoms with E-state index in [1.165, 1.54) is 12.8 Å². The summed E-state index contributed by atoms with van der Waals surface area (Å²) in [5, 5.41) is 6.54. The molecule has 3 unspecified atom stereocenters. The summed E-state index contributed by atoms with van der Waals surface area (Å²) in [6, 6.07) is 0.333. The van der Waals surface area contributed by atoms with Crippen molar-refractivity contribution in [2.75, 3.05) is 26.7 Å². The van der Waals surface area contributed by atoms with Crippen molar-refractivity contribution in [2.24, 2.45) is 4.99 Å². The van der Waals surface area contributed by atoms with Gasteiger partial charge in [0.05, 0.1) is 24.8 Å². The topological polar surface area (TPSA) is 66.0 Å². The van der Waals surface area contributed by atoms with E-state index >= 15 is 0 Å². The molecule has 3 heterocycles. The minimum absolute atomic E-state index is 0.168. The van der Waals surface area contributed by atoms with Gasteiger partial charge in [-0.1, -0.05) is 0 Å². The van der Waals surface area contributed by atoms with E-state index in [0.29, 0.717) is 30.8 Å². The van der Waals surface area contributed by atoms with Gasteiger partial charge in [0.2, 0.25) is 5.91 Å². The highest BCUT2D eigenvalue weighted by Crippen LogP contribution is 2.34. The Labute approximate surface area is 126 Å². The third-order valence-corrected chi connectivity index (χ3v) is 4.77. The molecule has 6 heteroatoms. The van der Waals surface area contributed by atoms with Crippen LogP contribution in [0.4, 0.5) is 0 Å². The second-order valence-corrected chi connectivity index (χ2v) is 6.23. The maximum Gasteiger partial charge on any atom is 0.241 e. The first-order valence-electron chi connectivity index (χ1n) is 8.16. The Kier molecular flexibility index (Phi) is 4.63. The number of carbonyl (C=O) groups is 1. The van der Waals surface area contributed by atoms with Gasteiger partial charge in [0.25, 0.3) is 0 Å². The van der Waals surface area contributed by atoms with Crippen LogP contribution in [0, 0.1) is 0 Å². The lowest BCUT2D eigenvalue weighted by Gasteiger charge is -2.27. The van der Waals surface area contributed by atoms with Crippen LogP contribution in [0.1, 0.15) is 38.5 Å². The van der Waals surface area contributed by atoms with Crippen molar-refractivity contribution in [3.8, 4) is 0 Å². The van der Waals surface area contributed by atoms with Gasteiger partial charge < -0.3 is 20.3 Å². The fraction of sp³-hybridized carbons (Fsp3) is 0.867. The minimum atomic E-state index is 0.168. The number of amides is 1. The smallest absolute Gasteiger partial charge is 0.241 e. The summed E-state index contributed by atoms with van der Waals surface area (Å²) in [6.07, 6.45) is 7.58. The molecule has 118 valence electrons. The van der Waals surface area contributed by atoms with E-state index in [1.807, 2.05) is 4.90 Å². The Balaban J connectivity index is 1.43. The molecule has 3 saturated heterocycles. The molecule has 0 aromatic rings. The molecule has 3 rings (SSSR count). The molecule has 3 aliphatic heterocycles. The number of aliphatic imine (C=N–C) groups is 1. The summed E-state index contributed by atoms with van der Waals surface area (Å²) in [7, 11) is 1.74. The lowest BCUT2D eigenvalue weighted by Crippen LogP contribution is -2.50. The highest BCUT2D eigenvalue weighted by molar-refractivity contribution is 5.86. The van der Waals surface area contributed by atoms with Crippen molar-refractivity contribution in [3.63, 3.8) is 0 Å². The Bertz CT molecular complexity index is 406. The Morgan fingerprint density at radius 3 is 2.71 bits per heavy atom. The average Bonchev–Trinajstić information content (AvgIpc) is 3.14.